The van der Waals surface area contributed by atoms with E-state index in [1.54, 1.807) is 0 Å². The predicted molar refractivity (Wildman–Crippen MR) is 55.6 cm³/mol. The van der Waals surface area contributed by atoms with Crippen molar-refractivity contribution in [2.45, 2.75) is 52.4 Å². The van der Waals surface area contributed by atoms with Gasteiger partial charge in [-0.3, -0.25) is 4.79 Å². The number of hydrogen-bond acceptors (Lipinski definition) is 1. The lowest BCUT2D eigenvalue weighted by Crippen LogP contribution is -2.00. The van der Waals surface area contributed by atoms with Crippen LogP contribution in [0.2, 0.25) is 0 Å². The summed E-state index contributed by atoms with van der Waals surface area (Å²) in [6.07, 6.45) is 8.54. The molecule has 13 heavy (non-hydrogen) atoms. The fraction of sp³-hybridized carbons (Fsp3) is 0.750. The van der Waals surface area contributed by atoms with Crippen LogP contribution in [0.25, 0.3) is 0 Å². The van der Waals surface area contributed by atoms with E-state index in [1.807, 2.05) is 6.08 Å². The van der Waals surface area contributed by atoms with Crippen LogP contribution in [0.15, 0.2) is 11.6 Å². The number of allylic oxidation sites excluding steroid dienone is 2. The maximum atomic E-state index is 11.3. The Morgan fingerprint density at radius 3 is 2.77 bits per heavy atom. The zero-order valence-electron chi connectivity index (χ0n) is 8.81. The second-order valence-electron chi connectivity index (χ2n) is 4.08. The number of carbonyl (C=O) groups is 1. The molecule has 0 aromatic rings. The van der Waals surface area contributed by atoms with E-state index in [-0.39, 0.29) is 0 Å². The molecular formula is C12H20O. The number of ketones is 1. The Labute approximate surface area is 81.2 Å². The van der Waals surface area contributed by atoms with E-state index < -0.39 is 0 Å². The van der Waals surface area contributed by atoms with E-state index >= 15 is 0 Å². The van der Waals surface area contributed by atoms with Crippen molar-refractivity contribution >= 4 is 5.78 Å². The summed E-state index contributed by atoms with van der Waals surface area (Å²) in [5, 5.41) is 0. The van der Waals surface area contributed by atoms with Crippen molar-refractivity contribution in [3.63, 3.8) is 0 Å². The van der Waals surface area contributed by atoms with Crippen molar-refractivity contribution in [3.8, 4) is 0 Å². The number of rotatable bonds is 3. The van der Waals surface area contributed by atoms with E-state index in [0.29, 0.717) is 11.7 Å². The van der Waals surface area contributed by atoms with Crippen molar-refractivity contribution in [3.05, 3.63) is 11.6 Å². The quantitative estimate of drug-likeness (QED) is 0.649. The first kappa shape index (κ1) is 10.5. The summed E-state index contributed by atoms with van der Waals surface area (Å²) in [5.74, 6) is 0.961. The minimum Gasteiger partial charge on any atom is -0.295 e. The third-order valence-electron chi connectivity index (χ3n) is 2.84. The lowest BCUT2D eigenvalue weighted by molar-refractivity contribution is -0.114. The molecule has 1 rings (SSSR count). The Bertz CT molecular complexity index is 203. The first-order chi connectivity index (χ1) is 6.24. The highest BCUT2D eigenvalue weighted by molar-refractivity contribution is 5.90. The van der Waals surface area contributed by atoms with Crippen LogP contribution in [0, 0.1) is 5.92 Å². The molecule has 1 atom stereocenters. The molecule has 0 aromatic carbocycles. The molecule has 0 N–H and O–H groups in total. The molecule has 1 heteroatoms. The first-order valence-corrected chi connectivity index (χ1v) is 5.47. The average molecular weight is 180 g/mol. The van der Waals surface area contributed by atoms with Gasteiger partial charge in [-0.05, 0) is 37.7 Å². The fourth-order valence-electron chi connectivity index (χ4n) is 1.99. The highest BCUT2D eigenvalue weighted by Gasteiger charge is 2.13. The molecule has 0 saturated heterocycles. The third kappa shape index (κ3) is 3.33. The van der Waals surface area contributed by atoms with Crippen molar-refractivity contribution < 1.29 is 4.79 Å². The highest BCUT2D eigenvalue weighted by Crippen LogP contribution is 2.24. The van der Waals surface area contributed by atoms with Gasteiger partial charge in [0.2, 0.25) is 0 Å². The minimum atomic E-state index is 0.343. The van der Waals surface area contributed by atoms with Crippen LogP contribution in [0.3, 0.4) is 0 Å². The largest absolute Gasteiger partial charge is 0.295 e. The van der Waals surface area contributed by atoms with Crippen molar-refractivity contribution in [1.29, 1.82) is 0 Å². The summed E-state index contributed by atoms with van der Waals surface area (Å²) in [4.78, 5) is 11.3. The molecule has 1 aliphatic carbocycles. The summed E-state index contributed by atoms with van der Waals surface area (Å²) in [7, 11) is 0. The summed E-state index contributed by atoms with van der Waals surface area (Å²) >= 11 is 0. The zero-order chi connectivity index (χ0) is 9.68. The van der Waals surface area contributed by atoms with Gasteiger partial charge in [0.25, 0.3) is 0 Å². The van der Waals surface area contributed by atoms with Gasteiger partial charge in [-0.15, -0.1) is 0 Å². The first-order valence-electron chi connectivity index (χ1n) is 5.47. The standard InChI is InChI=1S/C12H20O/c1-3-6-10(2)11-7-4-5-8-12(13)9-11/h9-10H,3-8H2,1-2H3. The van der Waals surface area contributed by atoms with Gasteiger partial charge < -0.3 is 0 Å². The monoisotopic (exact) mass is 180 g/mol. The van der Waals surface area contributed by atoms with E-state index in [9.17, 15) is 4.79 Å². The van der Waals surface area contributed by atoms with Gasteiger partial charge in [0, 0.05) is 6.42 Å². The molecule has 74 valence electrons. The van der Waals surface area contributed by atoms with Gasteiger partial charge in [-0.2, -0.15) is 0 Å². The van der Waals surface area contributed by atoms with Gasteiger partial charge >= 0.3 is 0 Å². The molecule has 0 radical (unpaired) electrons. The Morgan fingerprint density at radius 1 is 1.38 bits per heavy atom. The molecular weight excluding hydrogens is 160 g/mol. The molecule has 0 aromatic heterocycles. The van der Waals surface area contributed by atoms with Crippen molar-refractivity contribution in [2.24, 2.45) is 5.92 Å². The van der Waals surface area contributed by atoms with Crippen LogP contribution in [0.5, 0.6) is 0 Å². The topological polar surface area (TPSA) is 17.1 Å². The van der Waals surface area contributed by atoms with Gasteiger partial charge in [0.1, 0.15) is 0 Å². The Morgan fingerprint density at radius 2 is 2.08 bits per heavy atom. The summed E-state index contributed by atoms with van der Waals surface area (Å²) in [6.45, 7) is 4.45. The lowest BCUT2D eigenvalue weighted by Gasteiger charge is -2.13. The van der Waals surface area contributed by atoms with E-state index in [4.69, 9.17) is 0 Å². The molecule has 0 heterocycles. The van der Waals surface area contributed by atoms with Crippen molar-refractivity contribution in [2.75, 3.05) is 0 Å². The Kier molecular flexibility index (Phi) is 4.20. The Hall–Kier alpha value is -0.590. The second-order valence-corrected chi connectivity index (χ2v) is 4.08. The highest BCUT2D eigenvalue weighted by atomic mass is 16.1. The molecule has 0 bridgehead atoms. The Balaban J connectivity index is 2.59. The molecule has 1 nitrogen and oxygen atoms in total. The molecule has 1 unspecified atom stereocenters. The van der Waals surface area contributed by atoms with E-state index in [1.165, 1.54) is 24.8 Å². The van der Waals surface area contributed by atoms with Gasteiger partial charge in [0.15, 0.2) is 5.78 Å². The molecule has 0 saturated carbocycles. The summed E-state index contributed by atoms with van der Waals surface area (Å²) in [6, 6.07) is 0. The number of hydrogen-bond donors (Lipinski definition) is 0. The van der Waals surface area contributed by atoms with E-state index in [2.05, 4.69) is 13.8 Å². The minimum absolute atomic E-state index is 0.343. The smallest absolute Gasteiger partial charge is 0.155 e. The van der Waals surface area contributed by atoms with Gasteiger partial charge in [-0.1, -0.05) is 25.8 Å². The molecule has 0 aliphatic heterocycles. The molecule has 1 aliphatic rings. The van der Waals surface area contributed by atoms with E-state index in [0.717, 1.165) is 19.3 Å². The summed E-state index contributed by atoms with van der Waals surface area (Å²) in [5.41, 5.74) is 1.39. The fourth-order valence-corrected chi connectivity index (χ4v) is 1.99. The summed E-state index contributed by atoms with van der Waals surface area (Å²) < 4.78 is 0. The molecule has 0 spiro atoms. The second kappa shape index (κ2) is 5.21. The van der Waals surface area contributed by atoms with Crippen LogP contribution < -0.4 is 0 Å². The predicted octanol–water partition coefficient (Wildman–Crippen LogP) is 3.49. The van der Waals surface area contributed by atoms with Crippen LogP contribution in [0.4, 0.5) is 0 Å². The average Bonchev–Trinajstić information content (AvgIpc) is 2.30. The number of carbonyl (C=O) groups excluding carboxylic acids is 1. The SMILES string of the molecule is CCCC(C)C1=CC(=O)CCCC1. The molecule has 0 amide bonds. The zero-order valence-corrected chi connectivity index (χ0v) is 8.81. The normalized spacial score (nSPS) is 20.8. The lowest BCUT2D eigenvalue weighted by atomic mass is 9.93. The van der Waals surface area contributed by atoms with Crippen LogP contribution >= 0.6 is 0 Å². The van der Waals surface area contributed by atoms with Gasteiger partial charge in [0.05, 0.1) is 0 Å². The maximum Gasteiger partial charge on any atom is 0.155 e. The third-order valence-corrected chi connectivity index (χ3v) is 2.84. The van der Waals surface area contributed by atoms with Crippen molar-refractivity contribution in [1.82, 2.24) is 0 Å². The van der Waals surface area contributed by atoms with Gasteiger partial charge in [-0.25, -0.2) is 0 Å². The van der Waals surface area contributed by atoms with Crippen LogP contribution in [0.1, 0.15) is 52.4 Å². The van der Waals surface area contributed by atoms with Crippen LogP contribution in [-0.4, -0.2) is 5.78 Å². The molecule has 0 fully saturated rings. The van der Waals surface area contributed by atoms with Crippen LogP contribution in [-0.2, 0) is 4.79 Å². The maximum absolute atomic E-state index is 11.3.